The van der Waals surface area contributed by atoms with E-state index in [1.54, 1.807) is 0 Å². The van der Waals surface area contributed by atoms with Gasteiger partial charge in [-0.3, -0.25) is 20.7 Å². The van der Waals surface area contributed by atoms with Crippen molar-refractivity contribution in [3.63, 3.8) is 0 Å². The summed E-state index contributed by atoms with van der Waals surface area (Å²) in [5.41, 5.74) is 1.25. The number of likely N-dealkylation sites (tertiary alicyclic amines) is 1. The number of carbonyl (C=O) groups excluding carboxylic acids is 2. The van der Waals surface area contributed by atoms with Gasteiger partial charge in [-0.05, 0) is 37.5 Å². The molecule has 246 valence electrons. The van der Waals surface area contributed by atoms with Crippen LogP contribution in [-0.4, -0.2) is 89.1 Å². The molecular weight excluding hydrogens is 620 g/mol. The minimum absolute atomic E-state index is 0.0210. The van der Waals surface area contributed by atoms with Crippen molar-refractivity contribution in [2.24, 2.45) is 43.2 Å². The summed E-state index contributed by atoms with van der Waals surface area (Å²) in [7, 11) is 0. The van der Waals surface area contributed by atoms with Gasteiger partial charge in [-0.2, -0.15) is 0 Å². The van der Waals surface area contributed by atoms with Crippen LogP contribution in [0.15, 0.2) is 67.1 Å². The van der Waals surface area contributed by atoms with E-state index in [0.717, 1.165) is 43.5 Å². The van der Waals surface area contributed by atoms with E-state index >= 15 is 0 Å². The number of hydrazine groups is 1. The summed E-state index contributed by atoms with van der Waals surface area (Å²) in [5, 5.41) is 25.1. The number of amides is 2. The van der Waals surface area contributed by atoms with E-state index in [0.29, 0.717) is 38.0 Å². The number of nitrogens with zero attached hydrogens (tertiary/aromatic N) is 8. The van der Waals surface area contributed by atoms with Crippen molar-refractivity contribution in [3.05, 3.63) is 47.0 Å². The number of aromatic nitrogens is 1. The molecule has 2 amide bonds. The van der Waals surface area contributed by atoms with Gasteiger partial charge in [0.15, 0.2) is 23.3 Å². The molecule has 3 saturated heterocycles. The number of aryl methyl sites for hydroxylation is 1. The molecule has 0 radical (unpaired) electrons. The Morgan fingerprint density at radius 1 is 1.13 bits per heavy atom. The maximum absolute atomic E-state index is 13.7. The Morgan fingerprint density at radius 2 is 1.89 bits per heavy atom. The number of halogens is 1. The molecule has 1 aromatic heterocycles. The molecule has 0 saturated carbocycles. The van der Waals surface area contributed by atoms with Gasteiger partial charge in [0.2, 0.25) is 5.82 Å². The number of rotatable bonds is 7. The van der Waals surface area contributed by atoms with Crippen LogP contribution >= 0.6 is 11.6 Å². The average Bonchev–Trinajstić information content (AvgIpc) is 3.61. The van der Waals surface area contributed by atoms with Gasteiger partial charge in [-0.15, -0.1) is 10.2 Å². The number of nitrogens with one attached hydrogen (secondary N) is 3. The lowest BCUT2D eigenvalue weighted by Gasteiger charge is -2.39. The van der Waals surface area contributed by atoms with Gasteiger partial charge in [0.25, 0.3) is 11.8 Å². The van der Waals surface area contributed by atoms with E-state index in [9.17, 15) is 9.59 Å². The van der Waals surface area contributed by atoms with Crippen molar-refractivity contribution in [2.45, 2.75) is 56.4 Å². The molecule has 2 unspecified atom stereocenters. The number of amidine groups is 1. The molecule has 0 bridgehead atoms. The highest BCUT2D eigenvalue weighted by Crippen LogP contribution is 2.30. The second-order valence-corrected chi connectivity index (χ2v) is 11.9. The fourth-order valence-electron chi connectivity index (χ4n) is 6.28. The van der Waals surface area contributed by atoms with Crippen LogP contribution in [0.5, 0.6) is 0 Å². The summed E-state index contributed by atoms with van der Waals surface area (Å²) in [4.78, 5) is 32.9. The summed E-state index contributed by atoms with van der Waals surface area (Å²) in [6.07, 6.45) is 4.02. The van der Waals surface area contributed by atoms with Gasteiger partial charge in [-0.25, -0.2) is 10.0 Å². The summed E-state index contributed by atoms with van der Waals surface area (Å²) in [6, 6.07) is 6.68. The molecule has 4 aliphatic rings. The lowest BCUT2D eigenvalue weighted by Crippen LogP contribution is -2.60. The van der Waals surface area contributed by atoms with Gasteiger partial charge < -0.3 is 41.3 Å². The van der Waals surface area contributed by atoms with Crippen LogP contribution in [-0.2, 0) is 20.8 Å². The number of piperidine rings is 1. The first-order chi connectivity index (χ1) is 22.3. The topological polar surface area (TPSA) is 240 Å². The standard InChI is InChI=1S/C27H37ClN14O4/c28-21-23(37-39-30)33-22(36-38-29)20(32-21)24(43)34-26-35-27(15-42(26)31)7-11-41(12-8-27)25(44)17-3-1-4-18-16(17)5-9-40(18)10-6-19-45-13-2-14-46-19/h1,3-5,9,19-20,26,32,35H,2,6-8,10-15,31H2,(H2,30,37)(H,34,43)(H2,29,33,36). The molecule has 18 nitrogen and oxygen atoms in total. The molecule has 3 fully saturated rings. The van der Waals surface area contributed by atoms with Crippen LogP contribution in [0.4, 0.5) is 0 Å². The van der Waals surface area contributed by atoms with Crippen molar-refractivity contribution < 1.29 is 19.1 Å². The fourth-order valence-corrected chi connectivity index (χ4v) is 6.47. The quantitative estimate of drug-likeness (QED) is 0.103. The van der Waals surface area contributed by atoms with Gasteiger partial charge in [0, 0.05) is 60.8 Å². The summed E-state index contributed by atoms with van der Waals surface area (Å²) in [6.45, 7) is 3.65. The zero-order valence-corrected chi connectivity index (χ0v) is 25.8. The predicted octanol–water partition coefficient (Wildman–Crippen LogP) is 0.335. The highest BCUT2D eigenvalue weighted by Gasteiger charge is 2.46. The van der Waals surface area contributed by atoms with Crippen LogP contribution in [0.2, 0.25) is 0 Å². The molecule has 2 atom stereocenters. The molecule has 1 aromatic carbocycles. The Kier molecular flexibility index (Phi) is 9.43. The Balaban J connectivity index is 1.06. The van der Waals surface area contributed by atoms with Crippen LogP contribution < -0.4 is 33.5 Å². The number of benzene rings is 1. The maximum atomic E-state index is 13.7. The number of carbonyl (C=O) groups is 2. The van der Waals surface area contributed by atoms with Crippen LogP contribution in [0, 0.1) is 0 Å². The molecule has 9 N–H and O–H groups in total. The van der Waals surface area contributed by atoms with Crippen molar-refractivity contribution in [1.82, 2.24) is 30.4 Å². The van der Waals surface area contributed by atoms with Crippen LogP contribution in [0.1, 0.15) is 36.0 Å². The summed E-state index contributed by atoms with van der Waals surface area (Å²) >= 11 is 6.16. The smallest absolute Gasteiger partial charge is 0.254 e. The second kappa shape index (κ2) is 13.7. The molecular formula is C27H37ClN14O4. The largest absolute Gasteiger partial charge is 0.355 e. The Morgan fingerprint density at radius 3 is 2.63 bits per heavy atom. The van der Waals surface area contributed by atoms with Gasteiger partial charge >= 0.3 is 0 Å². The van der Waals surface area contributed by atoms with Gasteiger partial charge in [-0.1, -0.05) is 28.1 Å². The SMILES string of the molecule is NN=NC1=NC(N=NN)=C(Cl)NC1C(=O)NC1NC2(CCN(C(=O)c3cccc4c3ccn4CCC3OCCCO3)CC2)CN1N. The first-order valence-electron chi connectivity index (χ1n) is 15.0. The number of fused-ring (bicyclic) bond motifs is 1. The maximum Gasteiger partial charge on any atom is 0.254 e. The van der Waals surface area contributed by atoms with Crippen LogP contribution in [0.3, 0.4) is 0 Å². The van der Waals surface area contributed by atoms with Crippen molar-refractivity contribution >= 4 is 40.2 Å². The number of hydrogen-bond acceptors (Lipinski definition) is 13. The van der Waals surface area contributed by atoms with E-state index in [4.69, 9.17) is 38.6 Å². The third-order valence-electron chi connectivity index (χ3n) is 8.61. The van der Waals surface area contributed by atoms with Crippen molar-refractivity contribution in [3.8, 4) is 0 Å². The molecule has 6 rings (SSSR count). The zero-order valence-electron chi connectivity index (χ0n) is 25.0. The third-order valence-corrected chi connectivity index (χ3v) is 8.89. The number of ether oxygens (including phenoxy) is 2. The zero-order chi connectivity index (χ0) is 32.3. The van der Waals surface area contributed by atoms with E-state index in [2.05, 4.69) is 46.2 Å². The van der Waals surface area contributed by atoms with E-state index in [-0.39, 0.29) is 29.0 Å². The first-order valence-corrected chi connectivity index (χ1v) is 15.3. The molecule has 2 aromatic rings. The molecule has 4 aliphatic heterocycles. The number of aliphatic imine (C=N–C) groups is 1. The van der Waals surface area contributed by atoms with Crippen molar-refractivity contribution in [2.75, 3.05) is 32.8 Å². The van der Waals surface area contributed by atoms with E-state index < -0.39 is 23.8 Å². The highest BCUT2D eigenvalue weighted by molar-refractivity contribution is 6.30. The van der Waals surface area contributed by atoms with E-state index in [1.165, 1.54) is 5.01 Å². The van der Waals surface area contributed by atoms with Gasteiger partial charge in [0.1, 0.15) is 6.29 Å². The number of nitrogens with two attached hydrogens (primary N) is 3. The first kappa shape index (κ1) is 31.8. The summed E-state index contributed by atoms with van der Waals surface area (Å²) in [5.74, 6) is 15.9. The third kappa shape index (κ3) is 6.53. The number of hydrogen-bond donors (Lipinski definition) is 6. The second-order valence-electron chi connectivity index (χ2n) is 11.5. The Hall–Kier alpha value is -4.20. The molecule has 5 heterocycles. The average molecular weight is 657 g/mol. The lowest BCUT2D eigenvalue weighted by atomic mass is 9.88. The van der Waals surface area contributed by atoms with Crippen molar-refractivity contribution in [1.29, 1.82) is 0 Å². The molecule has 19 heteroatoms. The van der Waals surface area contributed by atoms with E-state index in [1.807, 2.05) is 35.4 Å². The van der Waals surface area contributed by atoms with Gasteiger partial charge in [0.05, 0.1) is 13.2 Å². The highest BCUT2D eigenvalue weighted by atomic mass is 35.5. The molecule has 46 heavy (non-hydrogen) atoms. The fraction of sp³-hybridized carbons (Fsp3) is 0.519. The predicted molar refractivity (Wildman–Crippen MR) is 166 cm³/mol. The Bertz CT molecular complexity index is 1580. The lowest BCUT2D eigenvalue weighted by molar-refractivity contribution is -0.182. The minimum atomic E-state index is -1.13. The molecule has 0 aliphatic carbocycles. The Labute approximate surface area is 268 Å². The monoisotopic (exact) mass is 656 g/mol. The molecule has 1 spiro atoms. The van der Waals surface area contributed by atoms with Crippen LogP contribution in [0.25, 0.3) is 10.9 Å². The minimum Gasteiger partial charge on any atom is -0.355 e. The normalized spacial score (nSPS) is 24.3. The summed E-state index contributed by atoms with van der Waals surface area (Å²) < 4.78 is 13.5.